The predicted molar refractivity (Wildman–Crippen MR) is 85.3 cm³/mol. The molecular weight excluding hydrogens is 268 g/mol. The largest absolute Gasteiger partial charge is 0.377 e. The number of hydrogen-bond donors (Lipinski definition) is 2. The first-order chi connectivity index (χ1) is 9.60. The summed E-state index contributed by atoms with van der Waals surface area (Å²) < 4.78 is 0. The Labute approximate surface area is 124 Å². The van der Waals surface area contributed by atoms with E-state index < -0.39 is 0 Å². The maximum atomic E-state index is 11.6. The number of carbonyl (C=O) groups is 1. The monoisotopic (exact) mass is 288 g/mol. The molecule has 0 aliphatic carbocycles. The quantitative estimate of drug-likeness (QED) is 0.884. The highest BCUT2D eigenvalue weighted by molar-refractivity contribution is 7.12. The Bertz CT molecular complexity index is 592. The van der Waals surface area contributed by atoms with Crippen LogP contribution in [0.4, 0.5) is 5.69 Å². The third-order valence-corrected chi connectivity index (χ3v) is 4.39. The molecule has 0 aliphatic rings. The molecule has 2 rings (SSSR count). The summed E-state index contributed by atoms with van der Waals surface area (Å²) in [6.07, 6.45) is 0.399. The molecule has 1 unspecified atom stereocenters. The maximum absolute atomic E-state index is 11.6. The molecule has 106 valence electrons. The first-order valence-electron chi connectivity index (χ1n) is 6.71. The van der Waals surface area contributed by atoms with Crippen LogP contribution in [-0.2, 0) is 11.2 Å². The number of thiophene rings is 1. The Morgan fingerprint density at radius 3 is 2.65 bits per heavy atom. The van der Waals surface area contributed by atoms with Gasteiger partial charge in [-0.1, -0.05) is 18.2 Å². The highest BCUT2D eigenvalue weighted by atomic mass is 32.1. The predicted octanol–water partition coefficient (Wildman–Crippen LogP) is 3.52. The summed E-state index contributed by atoms with van der Waals surface area (Å²) in [5.74, 6) is 0.0267. The molecule has 0 spiro atoms. The van der Waals surface area contributed by atoms with Gasteiger partial charge in [-0.15, -0.1) is 11.3 Å². The van der Waals surface area contributed by atoms with Crippen molar-refractivity contribution in [3.8, 4) is 0 Å². The van der Waals surface area contributed by atoms with Crippen molar-refractivity contribution in [1.82, 2.24) is 5.32 Å². The van der Waals surface area contributed by atoms with Gasteiger partial charge in [0.2, 0.25) is 5.91 Å². The summed E-state index contributed by atoms with van der Waals surface area (Å²) >= 11 is 1.80. The number of hydrogen-bond acceptors (Lipinski definition) is 3. The van der Waals surface area contributed by atoms with Crippen molar-refractivity contribution >= 4 is 22.9 Å². The van der Waals surface area contributed by atoms with Crippen LogP contribution in [0.15, 0.2) is 36.4 Å². The number of anilines is 1. The smallest absolute Gasteiger partial charge is 0.224 e. The average Bonchev–Trinajstić information content (AvgIpc) is 2.87. The molecule has 2 aromatic rings. The molecule has 3 nitrogen and oxygen atoms in total. The van der Waals surface area contributed by atoms with Gasteiger partial charge >= 0.3 is 0 Å². The minimum Gasteiger partial charge on any atom is -0.377 e. The molecule has 0 aliphatic heterocycles. The van der Waals surface area contributed by atoms with E-state index in [1.165, 1.54) is 9.75 Å². The van der Waals surface area contributed by atoms with Gasteiger partial charge in [-0.2, -0.15) is 0 Å². The van der Waals surface area contributed by atoms with E-state index in [2.05, 4.69) is 36.6 Å². The molecule has 0 radical (unpaired) electrons. The third kappa shape index (κ3) is 3.61. The number of aryl methyl sites for hydroxylation is 1. The minimum atomic E-state index is 0.0267. The molecule has 0 fully saturated rings. The van der Waals surface area contributed by atoms with Crippen LogP contribution in [0.5, 0.6) is 0 Å². The van der Waals surface area contributed by atoms with Gasteiger partial charge in [-0.05, 0) is 37.6 Å². The SMILES string of the molecule is CNC(=O)Cc1ccccc1NC(C)c1ccc(C)s1. The summed E-state index contributed by atoms with van der Waals surface area (Å²) in [6, 6.07) is 12.5. The van der Waals surface area contributed by atoms with Gasteiger partial charge in [0.25, 0.3) is 0 Å². The average molecular weight is 288 g/mol. The van der Waals surface area contributed by atoms with Gasteiger partial charge in [-0.25, -0.2) is 0 Å². The van der Waals surface area contributed by atoms with Crippen LogP contribution in [0.25, 0.3) is 0 Å². The van der Waals surface area contributed by atoms with Crippen molar-refractivity contribution in [1.29, 1.82) is 0 Å². The van der Waals surface area contributed by atoms with E-state index in [9.17, 15) is 4.79 Å². The lowest BCUT2D eigenvalue weighted by molar-refractivity contribution is -0.119. The standard InChI is InChI=1S/C16H20N2OS/c1-11-8-9-15(20-11)12(2)18-14-7-5-4-6-13(14)10-16(19)17-3/h4-9,12,18H,10H2,1-3H3,(H,17,19). The summed E-state index contributed by atoms with van der Waals surface area (Å²) in [6.45, 7) is 4.25. The maximum Gasteiger partial charge on any atom is 0.224 e. The highest BCUT2D eigenvalue weighted by Gasteiger charge is 2.11. The lowest BCUT2D eigenvalue weighted by atomic mass is 10.1. The van der Waals surface area contributed by atoms with E-state index in [1.54, 1.807) is 18.4 Å². The van der Waals surface area contributed by atoms with E-state index in [0.717, 1.165) is 11.3 Å². The molecule has 1 aromatic carbocycles. The lowest BCUT2D eigenvalue weighted by Gasteiger charge is -2.17. The third-order valence-electron chi connectivity index (χ3n) is 3.21. The molecule has 4 heteroatoms. The Morgan fingerprint density at radius 1 is 1.25 bits per heavy atom. The van der Waals surface area contributed by atoms with Crippen LogP contribution in [0.1, 0.15) is 28.3 Å². The van der Waals surface area contributed by atoms with Gasteiger partial charge < -0.3 is 10.6 Å². The van der Waals surface area contributed by atoms with Crippen LogP contribution >= 0.6 is 11.3 Å². The Kier molecular flexibility index (Phi) is 4.79. The van der Waals surface area contributed by atoms with Crippen molar-refractivity contribution in [3.63, 3.8) is 0 Å². The van der Waals surface area contributed by atoms with Gasteiger partial charge in [-0.3, -0.25) is 4.79 Å². The van der Waals surface area contributed by atoms with E-state index in [1.807, 2.05) is 24.3 Å². The summed E-state index contributed by atoms with van der Waals surface area (Å²) in [7, 11) is 1.66. The second kappa shape index (κ2) is 6.57. The van der Waals surface area contributed by atoms with Crippen LogP contribution in [-0.4, -0.2) is 13.0 Å². The molecule has 1 amide bonds. The molecule has 2 N–H and O–H groups in total. The lowest BCUT2D eigenvalue weighted by Crippen LogP contribution is -2.20. The zero-order valence-corrected chi connectivity index (χ0v) is 12.9. The fourth-order valence-corrected chi connectivity index (χ4v) is 2.95. The minimum absolute atomic E-state index is 0.0267. The summed E-state index contributed by atoms with van der Waals surface area (Å²) in [5.41, 5.74) is 2.04. The zero-order valence-electron chi connectivity index (χ0n) is 12.1. The second-order valence-corrected chi connectivity index (χ2v) is 6.14. The van der Waals surface area contributed by atoms with Crippen molar-refractivity contribution in [2.24, 2.45) is 0 Å². The molecule has 0 bridgehead atoms. The number of carbonyl (C=O) groups excluding carboxylic acids is 1. The van der Waals surface area contributed by atoms with Crippen LogP contribution in [0.2, 0.25) is 0 Å². The summed E-state index contributed by atoms with van der Waals surface area (Å²) in [5, 5.41) is 6.16. The van der Waals surface area contributed by atoms with Crippen molar-refractivity contribution < 1.29 is 4.79 Å². The summed E-state index contributed by atoms with van der Waals surface area (Å²) in [4.78, 5) is 14.2. The number of benzene rings is 1. The van der Waals surface area contributed by atoms with Crippen LogP contribution in [0.3, 0.4) is 0 Å². The van der Waals surface area contributed by atoms with Crippen LogP contribution < -0.4 is 10.6 Å². The first-order valence-corrected chi connectivity index (χ1v) is 7.53. The molecule has 20 heavy (non-hydrogen) atoms. The number of likely N-dealkylation sites (N-methyl/N-ethyl adjacent to an activating group) is 1. The van der Waals surface area contributed by atoms with Crippen molar-refractivity contribution in [2.45, 2.75) is 26.3 Å². The molecule has 1 atom stereocenters. The van der Waals surface area contributed by atoms with E-state index in [4.69, 9.17) is 0 Å². The zero-order chi connectivity index (χ0) is 14.5. The Balaban J connectivity index is 2.14. The number of nitrogens with one attached hydrogen (secondary N) is 2. The number of amides is 1. The topological polar surface area (TPSA) is 41.1 Å². The molecule has 1 heterocycles. The number of para-hydroxylation sites is 1. The molecule has 0 saturated carbocycles. The van der Waals surface area contributed by atoms with Gasteiger partial charge in [0.15, 0.2) is 0 Å². The van der Waals surface area contributed by atoms with Gasteiger partial charge in [0.1, 0.15) is 0 Å². The molecule has 0 saturated heterocycles. The van der Waals surface area contributed by atoms with E-state index in [0.29, 0.717) is 6.42 Å². The van der Waals surface area contributed by atoms with E-state index in [-0.39, 0.29) is 11.9 Å². The normalized spacial score (nSPS) is 11.9. The Morgan fingerprint density at radius 2 is 2.00 bits per heavy atom. The highest BCUT2D eigenvalue weighted by Crippen LogP contribution is 2.27. The fraction of sp³-hybridized carbons (Fsp3) is 0.312. The molecule has 1 aromatic heterocycles. The van der Waals surface area contributed by atoms with Gasteiger partial charge in [0.05, 0.1) is 12.5 Å². The van der Waals surface area contributed by atoms with E-state index >= 15 is 0 Å². The Hall–Kier alpha value is -1.81. The second-order valence-electron chi connectivity index (χ2n) is 4.82. The molecular formula is C16H20N2OS. The van der Waals surface area contributed by atoms with Crippen molar-refractivity contribution in [3.05, 3.63) is 51.7 Å². The fourth-order valence-electron chi connectivity index (χ4n) is 2.07. The van der Waals surface area contributed by atoms with Gasteiger partial charge in [0, 0.05) is 22.5 Å². The first kappa shape index (κ1) is 14.6. The van der Waals surface area contributed by atoms with Crippen molar-refractivity contribution in [2.75, 3.05) is 12.4 Å². The van der Waals surface area contributed by atoms with Crippen LogP contribution in [0, 0.1) is 6.92 Å². The number of rotatable bonds is 5.